The molecule has 8 heteroatoms. The van der Waals surface area contributed by atoms with Gasteiger partial charge in [-0.05, 0) is 94.9 Å². The maximum absolute atomic E-state index is 17.4. The molecule has 0 aromatic heterocycles. The molecular formula is C44H70FNO6. The van der Waals surface area contributed by atoms with Gasteiger partial charge in [-0.15, -0.1) is 0 Å². The molecule has 0 spiro atoms. The van der Waals surface area contributed by atoms with Crippen molar-refractivity contribution < 1.29 is 33.7 Å². The minimum absolute atomic E-state index is 0.0929. The third kappa shape index (κ3) is 8.49. The van der Waals surface area contributed by atoms with Crippen LogP contribution in [0.2, 0.25) is 0 Å². The van der Waals surface area contributed by atoms with E-state index in [0.29, 0.717) is 31.3 Å². The van der Waals surface area contributed by atoms with Gasteiger partial charge in [-0.2, -0.15) is 0 Å². The maximum Gasteiger partial charge on any atom is 0.306 e. The van der Waals surface area contributed by atoms with Crippen molar-refractivity contribution in [2.75, 3.05) is 19.7 Å². The molecule has 0 aromatic carbocycles. The Labute approximate surface area is 313 Å². The molecule has 4 saturated carbocycles. The summed E-state index contributed by atoms with van der Waals surface area (Å²) in [5.41, 5.74) is -5.39. The summed E-state index contributed by atoms with van der Waals surface area (Å²) in [6.45, 7) is 6.81. The molecule has 3 N–H and O–H groups in total. The summed E-state index contributed by atoms with van der Waals surface area (Å²) in [7, 11) is 0. The van der Waals surface area contributed by atoms with Gasteiger partial charge in [-0.3, -0.25) is 14.4 Å². The van der Waals surface area contributed by atoms with Gasteiger partial charge in [0.1, 0.15) is 5.60 Å². The van der Waals surface area contributed by atoms with Crippen molar-refractivity contribution in [1.29, 1.82) is 0 Å². The first-order valence-corrected chi connectivity index (χ1v) is 21.3. The first-order valence-electron chi connectivity index (χ1n) is 21.3. The number of unbranched alkanes of at least 4 members (excludes halogenated alkanes) is 4. The largest absolute Gasteiger partial charge is 0.458 e. The molecule has 0 saturated heterocycles. The Hall–Kier alpha value is -1.90. The molecule has 5 rings (SSSR count). The Kier molecular flexibility index (Phi) is 14.4. The van der Waals surface area contributed by atoms with Gasteiger partial charge in [-0.1, -0.05) is 115 Å². The number of aliphatic hydroxyl groups is 2. The number of ether oxygens (including phenoxy) is 1. The third-order valence-electron chi connectivity index (χ3n) is 14.7. The van der Waals surface area contributed by atoms with Crippen LogP contribution in [0, 0.1) is 34.5 Å². The van der Waals surface area contributed by atoms with Gasteiger partial charge >= 0.3 is 5.97 Å². The molecule has 0 unspecified atom stereocenters. The van der Waals surface area contributed by atoms with Crippen molar-refractivity contribution >= 4 is 17.5 Å². The summed E-state index contributed by atoms with van der Waals surface area (Å²) in [5, 5.41) is 27.2. The second-order valence-electron chi connectivity index (χ2n) is 17.9. The van der Waals surface area contributed by atoms with E-state index in [-0.39, 0.29) is 24.5 Å². The molecule has 0 heterocycles. The topological polar surface area (TPSA) is 113 Å². The number of Topliss-reactive ketones (excluding diaryl/α,β-unsaturated/α-hetero) is 1. The van der Waals surface area contributed by atoms with Crippen LogP contribution >= 0.6 is 0 Å². The van der Waals surface area contributed by atoms with Crippen LogP contribution in [0.3, 0.4) is 0 Å². The van der Waals surface area contributed by atoms with Gasteiger partial charge < -0.3 is 20.3 Å². The highest BCUT2D eigenvalue weighted by molar-refractivity contribution is 6.01. The van der Waals surface area contributed by atoms with Crippen LogP contribution in [-0.4, -0.2) is 64.8 Å². The van der Waals surface area contributed by atoms with Crippen LogP contribution < -0.4 is 5.32 Å². The van der Waals surface area contributed by atoms with Crippen molar-refractivity contribution in [2.24, 2.45) is 34.5 Å². The van der Waals surface area contributed by atoms with E-state index in [2.05, 4.69) is 5.32 Å². The molecule has 5 aliphatic rings. The second-order valence-corrected chi connectivity index (χ2v) is 17.9. The quantitative estimate of drug-likeness (QED) is 0.114. The standard InChI is InChI=1S/C44H70FNO6/c1-32-28-37-36-23-22-34-29-35(47)24-25-41(34,2)43(36,45)38(48)30-42(37,3)44(32,51)39(49)31-52-40(50)21-15-11-17-27-46-26-16-10-14-20-33-18-12-8-6-4-5-7-9-13-19-33/h24-25,29,32-33,36-38,46,48,51H,4-23,26-28,30-31H2,1-3H3/t32-,36+,37+,38+,41+,42+,43+,44+/m0/s1. The number of aliphatic hydroxyl groups excluding tert-OH is 1. The number of rotatable bonds is 15. The van der Waals surface area contributed by atoms with Gasteiger partial charge in [-0.25, -0.2) is 4.39 Å². The maximum atomic E-state index is 17.4. The van der Waals surface area contributed by atoms with Crippen molar-refractivity contribution in [1.82, 2.24) is 5.32 Å². The SMILES string of the molecule is C[C@H]1C[C@@H]2[C@H]3CCC4=CC(=O)C=C[C@@]4(C)[C@]3(F)[C@H](O)C[C@@]2(C)[C@]1(O)C(=O)COC(=O)CCCCCNCCCCCC1CCCCCCCCCC1. The fourth-order valence-electron chi connectivity index (χ4n) is 11.5. The molecule has 0 amide bonds. The zero-order valence-electron chi connectivity index (χ0n) is 32.7. The number of esters is 1. The van der Waals surface area contributed by atoms with Crippen LogP contribution in [0.25, 0.3) is 0 Å². The zero-order valence-corrected chi connectivity index (χ0v) is 32.7. The number of hydrogen-bond acceptors (Lipinski definition) is 7. The normalized spacial score (nSPS) is 37.0. The van der Waals surface area contributed by atoms with Gasteiger partial charge in [0.05, 0.1) is 6.10 Å². The lowest BCUT2D eigenvalue weighted by Crippen LogP contribution is -2.69. The van der Waals surface area contributed by atoms with Crippen LogP contribution in [-0.2, 0) is 19.1 Å². The van der Waals surface area contributed by atoms with Crippen LogP contribution in [0.4, 0.5) is 4.39 Å². The molecule has 294 valence electrons. The molecule has 4 fully saturated rings. The van der Waals surface area contributed by atoms with Crippen LogP contribution in [0.15, 0.2) is 23.8 Å². The van der Waals surface area contributed by atoms with E-state index in [1.165, 1.54) is 102 Å². The molecule has 0 bridgehead atoms. The van der Waals surface area contributed by atoms with Gasteiger partial charge in [0.2, 0.25) is 5.78 Å². The van der Waals surface area contributed by atoms with E-state index in [4.69, 9.17) is 4.74 Å². The summed E-state index contributed by atoms with van der Waals surface area (Å²) in [6.07, 6.45) is 26.6. The van der Waals surface area contributed by atoms with E-state index in [0.717, 1.165) is 31.8 Å². The Morgan fingerprint density at radius 3 is 2.21 bits per heavy atom. The van der Waals surface area contributed by atoms with Crippen molar-refractivity contribution in [3.05, 3.63) is 23.8 Å². The van der Waals surface area contributed by atoms with Gasteiger partial charge in [0, 0.05) is 23.2 Å². The molecule has 5 aliphatic carbocycles. The zero-order chi connectivity index (χ0) is 37.4. The smallest absolute Gasteiger partial charge is 0.306 e. The van der Waals surface area contributed by atoms with E-state index in [1.54, 1.807) is 26.8 Å². The summed E-state index contributed by atoms with van der Waals surface area (Å²) < 4.78 is 22.8. The first kappa shape index (κ1) is 41.3. The lowest BCUT2D eigenvalue weighted by Gasteiger charge is -2.62. The number of nitrogens with one attached hydrogen (secondary N) is 1. The Bertz CT molecular complexity index is 1290. The average molecular weight is 728 g/mol. The predicted molar refractivity (Wildman–Crippen MR) is 203 cm³/mol. The second kappa shape index (κ2) is 18.2. The molecule has 0 aliphatic heterocycles. The first-order chi connectivity index (χ1) is 24.9. The van der Waals surface area contributed by atoms with Crippen molar-refractivity contribution in [2.45, 2.75) is 179 Å². The molecule has 52 heavy (non-hydrogen) atoms. The van der Waals surface area contributed by atoms with Gasteiger partial charge in [0.15, 0.2) is 18.1 Å². The lowest BCUT2D eigenvalue weighted by molar-refractivity contribution is -0.220. The van der Waals surface area contributed by atoms with Crippen molar-refractivity contribution in [3.63, 3.8) is 0 Å². The highest BCUT2D eigenvalue weighted by Gasteiger charge is 2.75. The third-order valence-corrected chi connectivity index (χ3v) is 14.7. The van der Waals surface area contributed by atoms with E-state index in [9.17, 15) is 24.6 Å². The summed E-state index contributed by atoms with van der Waals surface area (Å²) in [5.74, 6) is -1.70. The van der Waals surface area contributed by atoms with Gasteiger partial charge in [0.25, 0.3) is 0 Å². The fraction of sp³-hybridized carbons (Fsp3) is 0.841. The number of alkyl halides is 1. The van der Waals surface area contributed by atoms with E-state index < -0.39 is 58.4 Å². The predicted octanol–water partition coefficient (Wildman–Crippen LogP) is 8.69. The number of allylic oxidation sites excluding steroid dienone is 4. The minimum Gasteiger partial charge on any atom is -0.458 e. The molecule has 8 atom stereocenters. The Morgan fingerprint density at radius 1 is 0.904 bits per heavy atom. The fourth-order valence-corrected chi connectivity index (χ4v) is 11.5. The molecule has 0 aromatic rings. The number of fused-ring (bicyclic) bond motifs is 5. The van der Waals surface area contributed by atoms with Crippen LogP contribution in [0.1, 0.15) is 162 Å². The number of ketones is 2. The van der Waals surface area contributed by atoms with E-state index >= 15 is 4.39 Å². The lowest BCUT2D eigenvalue weighted by atomic mass is 9.44. The summed E-state index contributed by atoms with van der Waals surface area (Å²) in [6, 6.07) is 0. The summed E-state index contributed by atoms with van der Waals surface area (Å²) in [4.78, 5) is 38.5. The average Bonchev–Trinajstić information content (AvgIpc) is 3.28. The highest BCUT2D eigenvalue weighted by atomic mass is 19.1. The van der Waals surface area contributed by atoms with E-state index in [1.807, 2.05) is 0 Å². The molecule has 0 radical (unpaired) electrons. The number of halogens is 1. The number of carbonyl (C=O) groups excluding carboxylic acids is 3. The highest BCUT2D eigenvalue weighted by Crippen LogP contribution is 2.70. The number of hydrogen-bond donors (Lipinski definition) is 3. The van der Waals surface area contributed by atoms with Crippen LogP contribution in [0.5, 0.6) is 0 Å². The van der Waals surface area contributed by atoms with Crippen molar-refractivity contribution in [3.8, 4) is 0 Å². The Morgan fingerprint density at radius 2 is 1.54 bits per heavy atom. The minimum atomic E-state index is -2.03. The molecule has 7 nitrogen and oxygen atoms in total. The monoisotopic (exact) mass is 728 g/mol. The molecular weight excluding hydrogens is 657 g/mol. The Balaban J connectivity index is 0.981. The number of carbonyl (C=O) groups is 3. The summed E-state index contributed by atoms with van der Waals surface area (Å²) >= 11 is 0.